The maximum Gasteiger partial charge on any atom is 0.227 e. The molecular weight excluding hydrogens is 368 g/mol. The van der Waals surface area contributed by atoms with E-state index in [1.807, 2.05) is 18.0 Å². The highest BCUT2D eigenvalue weighted by Gasteiger charge is 2.27. The van der Waals surface area contributed by atoms with Crippen molar-refractivity contribution in [1.82, 2.24) is 19.8 Å². The lowest BCUT2D eigenvalue weighted by atomic mass is 10.0. The number of carbonyl (C=O) groups excluding carboxylic acids is 1. The second-order valence-electron chi connectivity index (χ2n) is 8.33. The summed E-state index contributed by atoms with van der Waals surface area (Å²) in [5, 5.41) is 3.45. The van der Waals surface area contributed by atoms with Crippen molar-refractivity contribution in [1.29, 1.82) is 0 Å². The molecule has 0 unspecified atom stereocenters. The van der Waals surface area contributed by atoms with E-state index >= 15 is 0 Å². The molecule has 3 fully saturated rings. The second-order valence-corrected chi connectivity index (χ2v) is 8.33. The number of morpholine rings is 1. The van der Waals surface area contributed by atoms with Gasteiger partial charge in [-0.25, -0.2) is 4.98 Å². The quantitative estimate of drug-likeness (QED) is 0.693. The number of nitrogens with zero attached hydrogens (tertiary/aromatic N) is 5. The van der Waals surface area contributed by atoms with Crippen LogP contribution in [0.1, 0.15) is 37.7 Å². The third-order valence-corrected chi connectivity index (χ3v) is 6.34. The van der Waals surface area contributed by atoms with E-state index in [4.69, 9.17) is 9.72 Å². The molecule has 8 heteroatoms. The number of carbonyl (C=O) groups is 1. The zero-order chi connectivity index (χ0) is 20.1. The van der Waals surface area contributed by atoms with Crippen LogP contribution in [-0.2, 0) is 9.53 Å². The molecule has 160 valence electrons. The van der Waals surface area contributed by atoms with Gasteiger partial charge in [0.25, 0.3) is 0 Å². The number of ether oxygens (including phenoxy) is 1. The molecule has 1 amide bonds. The molecule has 3 aliphatic heterocycles. The largest absolute Gasteiger partial charge is 0.379 e. The van der Waals surface area contributed by atoms with Gasteiger partial charge < -0.3 is 19.9 Å². The molecule has 4 heterocycles. The van der Waals surface area contributed by atoms with Gasteiger partial charge in [-0.3, -0.25) is 9.69 Å². The molecule has 3 saturated heterocycles. The van der Waals surface area contributed by atoms with Gasteiger partial charge in [0, 0.05) is 70.0 Å². The fourth-order valence-corrected chi connectivity index (χ4v) is 4.55. The van der Waals surface area contributed by atoms with Crippen LogP contribution in [0.5, 0.6) is 0 Å². The molecule has 4 rings (SSSR count). The van der Waals surface area contributed by atoms with Crippen molar-refractivity contribution in [2.75, 3.05) is 69.2 Å². The van der Waals surface area contributed by atoms with Crippen LogP contribution in [0.3, 0.4) is 0 Å². The second kappa shape index (κ2) is 9.71. The van der Waals surface area contributed by atoms with Crippen LogP contribution in [0, 0.1) is 6.92 Å². The molecule has 0 aliphatic carbocycles. The number of hydrogen-bond donors (Lipinski definition) is 1. The molecule has 0 bridgehead atoms. The number of likely N-dealkylation sites (tertiary alicyclic amines) is 1. The molecule has 0 radical (unpaired) electrons. The Hall–Kier alpha value is -1.93. The zero-order valence-corrected chi connectivity index (χ0v) is 17.6. The number of rotatable bonds is 7. The minimum atomic E-state index is 0.297. The number of nitrogens with one attached hydrogen (secondary N) is 1. The summed E-state index contributed by atoms with van der Waals surface area (Å²) in [6, 6.07) is 0.659. The van der Waals surface area contributed by atoms with Gasteiger partial charge in [0.15, 0.2) is 0 Å². The predicted molar refractivity (Wildman–Crippen MR) is 113 cm³/mol. The van der Waals surface area contributed by atoms with E-state index in [-0.39, 0.29) is 0 Å². The summed E-state index contributed by atoms with van der Waals surface area (Å²) in [4.78, 5) is 28.0. The van der Waals surface area contributed by atoms with Crippen LogP contribution in [0.2, 0.25) is 0 Å². The fraction of sp³-hybridized carbons (Fsp3) is 0.762. The van der Waals surface area contributed by atoms with Crippen LogP contribution >= 0.6 is 0 Å². The molecule has 29 heavy (non-hydrogen) atoms. The van der Waals surface area contributed by atoms with Crippen molar-refractivity contribution in [2.24, 2.45) is 0 Å². The van der Waals surface area contributed by atoms with Gasteiger partial charge in [-0.05, 0) is 32.6 Å². The van der Waals surface area contributed by atoms with Crippen LogP contribution < -0.4 is 10.2 Å². The molecule has 1 aromatic heterocycles. The van der Waals surface area contributed by atoms with Crippen molar-refractivity contribution in [3.05, 3.63) is 11.8 Å². The lowest BCUT2D eigenvalue weighted by Gasteiger charge is -2.40. The number of aryl methyl sites for hydroxylation is 1. The summed E-state index contributed by atoms with van der Waals surface area (Å²) in [5.41, 5.74) is 1.06. The predicted octanol–water partition coefficient (Wildman–Crippen LogP) is 1.51. The smallest absolute Gasteiger partial charge is 0.227 e. The molecule has 0 atom stereocenters. The summed E-state index contributed by atoms with van der Waals surface area (Å²) in [6.45, 7) is 10.5. The Balaban J connectivity index is 1.26. The Kier molecular flexibility index (Phi) is 6.82. The highest BCUT2D eigenvalue weighted by atomic mass is 16.5. The molecule has 3 aliphatic rings. The molecular formula is C21H34N6O2. The number of amides is 1. The van der Waals surface area contributed by atoms with Gasteiger partial charge in [-0.2, -0.15) is 4.98 Å². The van der Waals surface area contributed by atoms with Gasteiger partial charge in [-0.15, -0.1) is 0 Å². The zero-order valence-electron chi connectivity index (χ0n) is 17.6. The van der Waals surface area contributed by atoms with Crippen LogP contribution in [0.25, 0.3) is 0 Å². The summed E-state index contributed by atoms with van der Waals surface area (Å²) < 4.78 is 5.48. The van der Waals surface area contributed by atoms with Gasteiger partial charge in [0.2, 0.25) is 11.9 Å². The standard InChI is InChI=1S/C21H34N6O2/c1-17-16-23-21(24-20(17)22-7-3-9-26-8-2-4-19(26)28)27-10-5-18(6-11-27)25-12-14-29-15-13-25/h16,18H,2-15H2,1H3,(H,22,23,24). The van der Waals surface area contributed by atoms with Crippen molar-refractivity contribution in [3.8, 4) is 0 Å². The third kappa shape index (κ3) is 5.17. The first-order valence-corrected chi connectivity index (χ1v) is 11.1. The van der Waals surface area contributed by atoms with Gasteiger partial charge in [-0.1, -0.05) is 0 Å². The number of hydrogen-bond acceptors (Lipinski definition) is 7. The van der Waals surface area contributed by atoms with Crippen LogP contribution in [0.4, 0.5) is 11.8 Å². The first-order valence-electron chi connectivity index (χ1n) is 11.1. The Labute approximate surface area is 173 Å². The summed E-state index contributed by atoms with van der Waals surface area (Å²) in [7, 11) is 0. The van der Waals surface area contributed by atoms with Crippen molar-refractivity contribution in [2.45, 2.75) is 45.1 Å². The molecule has 1 N–H and O–H groups in total. The Morgan fingerprint density at radius 2 is 1.97 bits per heavy atom. The maximum absolute atomic E-state index is 11.7. The van der Waals surface area contributed by atoms with Crippen LogP contribution in [0.15, 0.2) is 6.20 Å². The molecule has 0 spiro atoms. The molecule has 0 saturated carbocycles. The van der Waals surface area contributed by atoms with E-state index in [0.717, 1.165) is 102 Å². The van der Waals surface area contributed by atoms with E-state index in [1.54, 1.807) is 0 Å². The van der Waals surface area contributed by atoms with Gasteiger partial charge in [0.05, 0.1) is 13.2 Å². The number of piperidine rings is 1. The third-order valence-electron chi connectivity index (χ3n) is 6.34. The normalized spacial score (nSPS) is 21.8. The first kappa shape index (κ1) is 20.3. The highest BCUT2D eigenvalue weighted by molar-refractivity contribution is 5.78. The lowest BCUT2D eigenvalue weighted by molar-refractivity contribution is -0.127. The van der Waals surface area contributed by atoms with Gasteiger partial charge >= 0.3 is 0 Å². The average molecular weight is 403 g/mol. The van der Waals surface area contributed by atoms with Crippen molar-refractivity contribution in [3.63, 3.8) is 0 Å². The maximum atomic E-state index is 11.7. The first-order chi connectivity index (χ1) is 14.2. The fourth-order valence-electron chi connectivity index (χ4n) is 4.55. The van der Waals surface area contributed by atoms with E-state index < -0.39 is 0 Å². The summed E-state index contributed by atoms with van der Waals surface area (Å²) in [5.74, 6) is 2.04. The van der Waals surface area contributed by atoms with Crippen LogP contribution in [-0.4, -0.2) is 90.7 Å². The van der Waals surface area contributed by atoms with Crippen molar-refractivity contribution >= 4 is 17.7 Å². The molecule has 0 aromatic carbocycles. The van der Waals surface area contributed by atoms with E-state index in [1.165, 1.54) is 0 Å². The Bertz CT molecular complexity index is 686. The number of aromatic nitrogens is 2. The van der Waals surface area contributed by atoms with Gasteiger partial charge in [0.1, 0.15) is 5.82 Å². The summed E-state index contributed by atoms with van der Waals surface area (Å²) in [6.07, 6.45) is 6.89. The van der Waals surface area contributed by atoms with E-state index in [0.29, 0.717) is 18.4 Å². The molecule has 1 aromatic rings. The Morgan fingerprint density at radius 3 is 2.69 bits per heavy atom. The topological polar surface area (TPSA) is 73.8 Å². The van der Waals surface area contributed by atoms with E-state index in [9.17, 15) is 4.79 Å². The highest BCUT2D eigenvalue weighted by Crippen LogP contribution is 2.22. The molecule has 8 nitrogen and oxygen atoms in total. The number of anilines is 2. The van der Waals surface area contributed by atoms with E-state index in [2.05, 4.69) is 20.1 Å². The Morgan fingerprint density at radius 1 is 1.17 bits per heavy atom. The minimum absolute atomic E-state index is 0.297. The minimum Gasteiger partial charge on any atom is -0.379 e. The average Bonchev–Trinajstić information content (AvgIpc) is 3.18. The SMILES string of the molecule is Cc1cnc(N2CCC(N3CCOCC3)CC2)nc1NCCCN1CCCC1=O. The monoisotopic (exact) mass is 402 g/mol. The summed E-state index contributed by atoms with van der Waals surface area (Å²) >= 11 is 0. The van der Waals surface area contributed by atoms with Crippen molar-refractivity contribution < 1.29 is 9.53 Å². The lowest BCUT2D eigenvalue weighted by Crippen LogP contribution is -2.49.